The normalized spacial score (nSPS) is 36.6. The molecule has 4 unspecified atom stereocenters. The molecule has 2 rings (SSSR count). The van der Waals surface area contributed by atoms with E-state index in [4.69, 9.17) is 19.2 Å². The van der Waals surface area contributed by atoms with Crippen LogP contribution in [0.1, 0.15) is 34.6 Å². The Morgan fingerprint density at radius 3 is 2.06 bits per heavy atom. The average Bonchev–Trinajstić information content (AvgIpc) is 3.17. The summed E-state index contributed by atoms with van der Waals surface area (Å²) >= 11 is 1.40. The van der Waals surface area contributed by atoms with Crippen LogP contribution in [0.2, 0.25) is 0 Å². The molecule has 2 heterocycles. The van der Waals surface area contributed by atoms with Crippen molar-refractivity contribution in [2.45, 2.75) is 77.0 Å². The lowest BCUT2D eigenvalue weighted by Gasteiger charge is -2.38. The SMILES string of the molecule is B[C@@H]1O[C@H](COOC2C(C(C)(C)CSP=O)[C@H](B)O[C@@H]2C(C)(C)C)C(N(C)C)C1N(C)C. The molecular formula is C21H43B2N2O5PS. The van der Waals surface area contributed by atoms with Gasteiger partial charge in [-0.25, -0.2) is 9.78 Å². The van der Waals surface area contributed by atoms with Gasteiger partial charge in [-0.3, -0.25) is 4.57 Å². The summed E-state index contributed by atoms with van der Waals surface area (Å²) in [7, 11) is 12.7. The van der Waals surface area contributed by atoms with Crippen LogP contribution in [0.4, 0.5) is 0 Å². The molecule has 2 aliphatic rings. The van der Waals surface area contributed by atoms with E-state index in [0.717, 1.165) is 5.75 Å². The van der Waals surface area contributed by atoms with E-state index in [9.17, 15) is 4.57 Å². The standard InChI is InChI=1S/C21H43B2N2O5PS/c1-20(2,3)17-16(13(18(22)29-17)21(4,5)11-32-31-26)30-27-10-12-14(24(6)7)15(25(8)9)19(23)28-12/h12-19H,10-11,22-23H2,1-9H3/t12-,13?,14?,15?,16?,17+,18-,19-/m1/s1. The highest BCUT2D eigenvalue weighted by Gasteiger charge is 2.54. The van der Waals surface area contributed by atoms with Crippen LogP contribution in [0.3, 0.4) is 0 Å². The van der Waals surface area contributed by atoms with Crippen molar-refractivity contribution < 1.29 is 23.8 Å². The highest BCUT2D eigenvalue weighted by molar-refractivity contribution is 8.45. The molecule has 32 heavy (non-hydrogen) atoms. The second-order valence-electron chi connectivity index (χ2n) is 11.6. The third kappa shape index (κ3) is 6.51. The van der Waals surface area contributed by atoms with Gasteiger partial charge in [0.25, 0.3) is 0 Å². The van der Waals surface area contributed by atoms with E-state index in [2.05, 4.69) is 88.3 Å². The van der Waals surface area contributed by atoms with E-state index in [1.807, 2.05) is 0 Å². The van der Waals surface area contributed by atoms with Crippen LogP contribution in [0, 0.1) is 16.7 Å². The van der Waals surface area contributed by atoms with Gasteiger partial charge in [-0.1, -0.05) is 46.0 Å². The molecule has 0 aromatic heterocycles. The van der Waals surface area contributed by atoms with E-state index >= 15 is 0 Å². The lowest BCUT2D eigenvalue weighted by Crippen LogP contribution is -2.52. The number of likely N-dealkylation sites (N-methyl/N-ethyl adjacent to an activating group) is 2. The molecule has 0 aromatic carbocycles. The largest absolute Gasteiger partial charge is 0.380 e. The van der Waals surface area contributed by atoms with Crippen LogP contribution in [0.25, 0.3) is 0 Å². The monoisotopic (exact) mass is 488 g/mol. The van der Waals surface area contributed by atoms with Gasteiger partial charge in [0.05, 0.1) is 12.1 Å². The van der Waals surface area contributed by atoms with Gasteiger partial charge in [0.1, 0.15) is 34.5 Å². The molecule has 0 aromatic rings. The minimum atomic E-state index is -0.217. The summed E-state index contributed by atoms with van der Waals surface area (Å²) in [5.41, 5.74) is -0.228. The van der Waals surface area contributed by atoms with Crippen LogP contribution >= 0.6 is 19.0 Å². The Hall–Kier alpha value is 0.340. The van der Waals surface area contributed by atoms with Crippen LogP contribution < -0.4 is 0 Å². The number of ether oxygens (including phenoxy) is 2. The second kappa shape index (κ2) is 11.4. The molecule has 2 saturated heterocycles. The summed E-state index contributed by atoms with van der Waals surface area (Å²) in [6, 6.07) is 0.617. The fourth-order valence-corrected chi connectivity index (χ4v) is 7.38. The highest BCUT2D eigenvalue weighted by Crippen LogP contribution is 2.48. The lowest BCUT2D eigenvalue weighted by atomic mass is 9.68. The Balaban J connectivity index is 2.15. The maximum absolute atomic E-state index is 11.1. The Bertz CT molecular complexity index is 625. The van der Waals surface area contributed by atoms with Crippen molar-refractivity contribution in [2.24, 2.45) is 16.7 Å². The average molecular weight is 488 g/mol. The summed E-state index contributed by atoms with van der Waals surface area (Å²) in [4.78, 5) is 16.6. The Morgan fingerprint density at radius 2 is 1.56 bits per heavy atom. The fourth-order valence-electron chi connectivity index (χ4n) is 5.65. The quantitative estimate of drug-likeness (QED) is 0.199. The van der Waals surface area contributed by atoms with E-state index < -0.39 is 0 Å². The topological polar surface area (TPSA) is 60.5 Å². The third-order valence-electron chi connectivity index (χ3n) is 6.97. The summed E-state index contributed by atoms with van der Waals surface area (Å²) in [5, 5.41) is 0. The van der Waals surface area contributed by atoms with Crippen LogP contribution in [0.15, 0.2) is 0 Å². The summed E-state index contributed by atoms with van der Waals surface area (Å²) in [6.45, 7) is 11.3. The fraction of sp³-hybridized carbons (Fsp3) is 1.00. The molecule has 2 aliphatic heterocycles. The first kappa shape index (κ1) is 28.6. The molecule has 2 fully saturated rings. The Kier molecular flexibility index (Phi) is 10.2. The first-order valence-corrected chi connectivity index (χ1v) is 14.0. The van der Waals surface area contributed by atoms with Gasteiger partial charge in [-0.05, 0) is 39.0 Å². The maximum Gasteiger partial charge on any atom is 0.226 e. The van der Waals surface area contributed by atoms with Crippen molar-refractivity contribution in [3.63, 3.8) is 0 Å². The van der Waals surface area contributed by atoms with Gasteiger partial charge in [0.2, 0.25) is 7.66 Å². The van der Waals surface area contributed by atoms with Crippen LogP contribution in [0.5, 0.6) is 0 Å². The van der Waals surface area contributed by atoms with E-state index in [0.29, 0.717) is 6.61 Å². The van der Waals surface area contributed by atoms with Crippen LogP contribution in [-0.4, -0.2) is 108 Å². The van der Waals surface area contributed by atoms with Crippen molar-refractivity contribution in [3.8, 4) is 0 Å². The van der Waals surface area contributed by atoms with Gasteiger partial charge in [-0.2, -0.15) is 0 Å². The molecule has 0 bridgehead atoms. The van der Waals surface area contributed by atoms with Gasteiger partial charge >= 0.3 is 0 Å². The van der Waals surface area contributed by atoms with Crippen molar-refractivity contribution in [3.05, 3.63) is 0 Å². The molecule has 184 valence electrons. The van der Waals surface area contributed by atoms with Crippen molar-refractivity contribution in [1.82, 2.24) is 9.80 Å². The molecule has 0 aliphatic carbocycles. The first-order valence-electron chi connectivity index (χ1n) is 11.6. The number of hydrogen-bond acceptors (Lipinski definition) is 8. The summed E-state index contributed by atoms with van der Waals surface area (Å²) in [6.07, 6.45) is -0.397. The predicted molar refractivity (Wildman–Crippen MR) is 137 cm³/mol. The molecule has 0 N–H and O–H groups in total. The molecule has 0 amide bonds. The third-order valence-corrected chi connectivity index (χ3v) is 8.65. The highest BCUT2D eigenvalue weighted by atomic mass is 32.7. The van der Waals surface area contributed by atoms with Gasteiger partial charge in [0.15, 0.2) is 0 Å². The molecule has 0 radical (unpaired) electrons. The molecular weight excluding hydrogens is 445 g/mol. The smallest absolute Gasteiger partial charge is 0.226 e. The zero-order chi connectivity index (χ0) is 24.4. The number of hydrogen-bond donors (Lipinski definition) is 0. The minimum absolute atomic E-state index is 0.0159. The summed E-state index contributed by atoms with van der Waals surface area (Å²) in [5.74, 6) is 0.868. The molecule has 0 spiro atoms. The van der Waals surface area contributed by atoms with Crippen molar-refractivity contribution in [2.75, 3.05) is 40.6 Å². The van der Waals surface area contributed by atoms with Crippen LogP contribution in [-0.2, 0) is 23.8 Å². The van der Waals surface area contributed by atoms with Gasteiger partial charge in [0, 0.05) is 29.7 Å². The molecule has 8 atom stereocenters. The lowest BCUT2D eigenvalue weighted by molar-refractivity contribution is -0.353. The zero-order valence-electron chi connectivity index (χ0n) is 21.8. The summed E-state index contributed by atoms with van der Waals surface area (Å²) < 4.78 is 23.8. The zero-order valence-corrected chi connectivity index (χ0v) is 23.5. The first-order chi connectivity index (χ1) is 14.7. The van der Waals surface area contributed by atoms with Gasteiger partial charge in [-0.15, -0.1) is 0 Å². The van der Waals surface area contributed by atoms with Gasteiger partial charge < -0.3 is 19.3 Å². The van der Waals surface area contributed by atoms with E-state index in [1.165, 1.54) is 11.4 Å². The minimum Gasteiger partial charge on any atom is -0.380 e. The molecule has 11 heteroatoms. The maximum atomic E-state index is 11.1. The number of nitrogens with zero attached hydrogens (tertiary/aromatic N) is 2. The number of rotatable bonds is 10. The predicted octanol–water partition coefficient (Wildman–Crippen LogP) is 1.51. The molecule has 0 saturated carbocycles. The molecule has 7 nitrogen and oxygen atoms in total. The van der Waals surface area contributed by atoms with E-state index in [1.54, 1.807) is 0 Å². The Morgan fingerprint density at radius 1 is 0.969 bits per heavy atom. The Labute approximate surface area is 202 Å². The van der Waals surface area contributed by atoms with Crippen molar-refractivity contribution in [1.29, 1.82) is 0 Å². The van der Waals surface area contributed by atoms with Crippen molar-refractivity contribution >= 4 is 34.7 Å². The van der Waals surface area contributed by atoms with E-state index in [-0.39, 0.29) is 66.8 Å². The second-order valence-corrected chi connectivity index (χ2v) is 13.5.